The average molecular weight is 229 g/mol. The summed E-state index contributed by atoms with van der Waals surface area (Å²) in [6, 6.07) is -1.42. The van der Waals surface area contributed by atoms with Gasteiger partial charge in [0.25, 0.3) is 0 Å². The van der Waals surface area contributed by atoms with E-state index >= 15 is 0 Å². The summed E-state index contributed by atoms with van der Waals surface area (Å²) >= 11 is 1.42. The van der Waals surface area contributed by atoms with Crippen LogP contribution < -0.4 is 10.6 Å². The van der Waals surface area contributed by atoms with Crippen LogP contribution in [0.5, 0.6) is 0 Å². The van der Waals surface area contributed by atoms with Gasteiger partial charge in [-0.15, -0.1) is 11.3 Å². The van der Waals surface area contributed by atoms with Crippen molar-refractivity contribution in [1.29, 1.82) is 0 Å². The molecule has 0 bridgehead atoms. The fourth-order valence-electron chi connectivity index (χ4n) is 0.806. The van der Waals surface area contributed by atoms with Crippen molar-refractivity contribution in [2.75, 3.05) is 0 Å². The smallest absolute Gasteiger partial charge is 0.325 e. The van der Waals surface area contributed by atoms with Crippen molar-refractivity contribution in [3.05, 3.63) is 16.6 Å². The first-order valence-electron chi connectivity index (χ1n) is 4.25. The predicted molar refractivity (Wildman–Crippen MR) is 54.6 cm³/mol. The zero-order valence-corrected chi connectivity index (χ0v) is 8.87. The fourth-order valence-corrected chi connectivity index (χ4v) is 1.36. The standard InChI is InChI=1S/C8H11N3O3S/c1-5(7(12)13)11-8(14)10-4-6-9-2-3-15-6/h2-3,5H,4H2,1H3,(H,12,13)(H2,10,11,14)/t5-/m0/s1. The maximum atomic E-state index is 11.1. The van der Waals surface area contributed by atoms with Gasteiger partial charge in [0.1, 0.15) is 11.0 Å². The predicted octanol–water partition coefficient (Wildman–Crippen LogP) is 0.415. The quantitative estimate of drug-likeness (QED) is 0.697. The number of hydrogen-bond donors (Lipinski definition) is 3. The Balaban J connectivity index is 2.28. The summed E-state index contributed by atoms with van der Waals surface area (Å²) in [5.74, 6) is -1.07. The van der Waals surface area contributed by atoms with E-state index in [1.165, 1.54) is 18.3 Å². The Morgan fingerprint density at radius 2 is 2.40 bits per heavy atom. The van der Waals surface area contributed by atoms with Crippen LogP contribution >= 0.6 is 11.3 Å². The molecule has 0 aliphatic heterocycles. The number of carbonyl (C=O) groups is 2. The molecular formula is C8H11N3O3S. The molecule has 2 amide bonds. The van der Waals surface area contributed by atoms with E-state index in [0.717, 1.165) is 5.01 Å². The third-order valence-electron chi connectivity index (χ3n) is 1.60. The van der Waals surface area contributed by atoms with Gasteiger partial charge in [-0.1, -0.05) is 0 Å². The highest BCUT2D eigenvalue weighted by molar-refractivity contribution is 7.09. The molecule has 0 fully saturated rings. The monoisotopic (exact) mass is 229 g/mol. The molecule has 1 rings (SSSR count). The molecule has 0 aliphatic carbocycles. The molecule has 82 valence electrons. The molecule has 0 spiro atoms. The van der Waals surface area contributed by atoms with Crippen molar-refractivity contribution in [2.24, 2.45) is 0 Å². The highest BCUT2D eigenvalue weighted by Gasteiger charge is 2.13. The molecule has 15 heavy (non-hydrogen) atoms. The largest absolute Gasteiger partial charge is 0.480 e. The number of carbonyl (C=O) groups excluding carboxylic acids is 1. The molecule has 0 unspecified atom stereocenters. The first kappa shape index (κ1) is 11.4. The van der Waals surface area contributed by atoms with Crippen LogP contribution in [0, 0.1) is 0 Å². The number of aliphatic carboxylic acids is 1. The Morgan fingerprint density at radius 3 is 2.93 bits per heavy atom. The van der Waals surface area contributed by atoms with E-state index < -0.39 is 18.0 Å². The number of carboxylic acids is 1. The molecule has 1 aromatic rings. The fraction of sp³-hybridized carbons (Fsp3) is 0.375. The first-order chi connectivity index (χ1) is 7.09. The normalized spacial score (nSPS) is 11.8. The second kappa shape index (κ2) is 5.30. The Morgan fingerprint density at radius 1 is 1.67 bits per heavy atom. The summed E-state index contributed by atoms with van der Waals surface area (Å²) < 4.78 is 0. The topological polar surface area (TPSA) is 91.3 Å². The minimum Gasteiger partial charge on any atom is -0.480 e. The SMILES string of the molecule is C[C@H](NC(=O)NCc1nccs1)C(=O)O. The second-order valence-electron chi connectivity index (χ2n) is 2.81. The summed E-state index contributed by atoms with van der Waals surface area (Å²) in [6.07, 6.45) is 1.64. The lowest BCUT2D eigenvalue weighted by Gasteiger charge is -2.09. The second-order valence-corrected chi connectivity index (χ2v) is 3.79. The van der Waals surface area contributed by atoms with E-state index in [-0.39, 0.29) is 0 Å². The number of urea groups is 1. The number of amides is 2. The molecule has 1 aromatic heterocycles. The molecule has 0 saturated carbocycles. The van der Waals surface area contributed by atoms with E-state index in [1.54, 1.807) is 11.6 Å². The molecule has 7 heteroatoms. The van der Waals surface area contributed by atoms with Crippen LogP contribution in [0.4, 0.5) is 4.79 Å². The van der Waals surface area contributed by atoms with Gasteiger partial charge in [-0.25, -0.2) is 9.78 Å². The van der Waals surface area contributed by atoms with Crippen molar-refractivity contribution in [3.63, 3.8) is 0 Å². The highest BCUT2D eigenvalue weighted by Crippen LogP contribution is 2.02. The maximum Gasteiger partial charge on any atom is 0.325 e. The van der Waals surface area contributed by atoms with Crippen LogP contribution in [0.3, 0.4) is 0 Å². The van der Waals surface area contributed by atoms with Gasteiger partial charge in [0.05, 0.1) is 6.54 Å². The zero-order valence-electron chi connectivity index (χ0n) is 8.06. The Bertz CT molecular complexity index is 339. The number of carboxylic acid groups (broad SMARTS) is 1. The number of thiazole rings is 1. The van der Waals surface area contributed by atoms with Crippen LogP contribution in [-0.2, 0) is 11.3 Å². The molecule has 0 aromatic carbocycles. The van der Waals surface area contributed by atoms with Crippen molar-refractivity contribution in [1.82, 2.24) is 15.6 Å². The van der Waals surface area contributed by atoms with Crippen LogP contribution in [0.25, 0.3) is 0 Å². The lowest BCUT2D eigenvalue weighted by molar-refractivity contribution is -0.138. The molecule has 3 N–H and O–H groups in total. The van der Waals surface area contributed by atoms with Crippen molar-refractivity contribution < 1.29 is 14.7 Å². The minimum absolute atomic E-state index is 0.301. The van der Waals surface area contributed by atoms with Gasteiger partial charge < -0.3 is 15.7 Å². The number of hydrogen-bond acceptors (Lipinski definition) is 4. The molecule has 0 aliphatic rings. The summed E-state index contributed by atoms with van der Waals surface area (Å²) in [4.78, 5) is 25.5. The number of nitrogens with one attached hydrogen (secondary N) is 2. The lowest BCUT2D eigenvalue weighted by Crippen LogP contribution is -2.44. The third kappa shape index (κ3) is 3.94. The number of aromatic nitrogens is 1. The molecule has 0 saturated heterocycles. The molecule has 1 atom stereocenters. The van der Waals surface area contributed by atoms with E-state index in [4.69, 9.17) is 5.11 Å². The molecule has 1 heterocycles. The van der Waals surface area contributed by atoms with Gasteiger partial charge in [-0.05, 0) is 6.92 Å². The third-order valence-corrected chi connectivity index (χ3v) is 2.38. The van der Waals surface area contributed by atoms with Gasteiger partial charge >= 0.3 is 12.0 Å². The van der Waals surface area contributed by atoms with E-state index in [2.05, 4.69) is 15.6 Å². The van der Waals surface area contributed by atoms with Crippen LogP contribution in [-0.4, -0.2) is 28.1 Å². The van der Waals surface area contributed by atoms with E-state index in [9.17, 15) is 9.59 Å². The average Bonchev–Trinajstić information content (AvgIpc) is 2.66. The van der Waals surface area contributed by atoms with Gasteiger partial charge in [0.2, 0.25) is 0 Å². The Kier molecular flexibility index (Phi) is 4.04. The van der Waals surface area contributed by atoms with Gasteiger partial charge in [0.15, 0.2) is 0 Å². The summed E-state index contributed by atoms with van der Waals surface area (Å²) in [6.45, 7) is 1.70. The van der Waals surface area contributed by atoms with Gasteiger partial charge in [-0.2, -0.15) is 0 Å². The molecular weight excluding hydrogens is 218 g/mol. The first-order valence-corrected chi connectivity index (χ1v) is 5.13. The van der Waals surface area contributed by atoms with E-state index in [0.29, 0.717) is 6.54 Å². The van der Waals surface area contributed by atoms with Crippen molar-refractivity contribution in [3.8, 4) is 0 Å². The van der Waals surface area contributed by atoms with Crippen LogP contribution in [0.1, 0.15) is 11.9 Å². The number of nitrogens with zero attached hydrogens (tertiary/aromatic N) is 1. The lowest BCUT2D eigenvalue weighted by atomic mass is 10.3. The van der Waals surface area contributed by atoms with Crippen molar-refractivity contribution >= 4 is 23.3 Å². The van der Waals surface area contributed by atoms with Crippen molar-refractivity contribution in [2.45, 2.75) is 19.5 Å². The molecule has 6 nitrogen and oxygen atoms in total. The Labute approximate surface area is 90.3 Å². The molecule has 0 radical (unpaired) electrons. The number of rotatable bonds is 4. The summed E-state index contributed by atoms with van der Waals surface area (Å²) in [5.41, 5.74) is 0. The Hall–Kier alpha value is -1.63. The van der Waals surface area contributed by atoms with Gasteiger partial charge in [0, 0.05) is 11.6 Å². The highest BCUT2D eigenvalue weighted by atomic mass is 32.1. The zero-order chi connectivity index (χ0) is 11.3. The van der Waals surface area contributed by atoms with E-state index in [1.807, 2.05) is 0 Å². The maximum absolute atomic E-state index is 11.1. The summed E-state index contributed by atoms with van der Waals surface area (Å²) in [5, 5.41) is 15.9. The van der Waals surface area contributed by atoms with Crippen LogP contribution in [0.2, 0.25) is 0 Å². The minimum atomic E-state index is -1.07. The van der Waals surface area contributed by atoms with Crippen LogP contribution in [0.15, 0.2) is 11.6 Å². The summed E-state index contributed by atoms with van der Waals surface area (Å²) in [7, 11) is 0. The van der Waals surface area contributed by atoms with Gasteiger partial charge in [-0.3, -0.25) is 4.79 Å².